The van der Waals surface area contributed by atoms with Crippen LogP contribution in [0.4, 0.5) is 4.39 Å². The number of nitriles is 1. The Bertz CT molecular complexity index is 640. The van der Waals surface area contributed by atoms with Crippen molar-refractivity contribution in [1.82, 2.24) is 9.62 Å². The van der Waals surface area contributed by atoms with E-state index in [0.29, 0.717) is 13.1 Å². The van der Waals surface area contributed by atoms with Crippen LogP contribution >= 0.6 is 0 Å². The number of hydrogen-bond acceptors (Lipinski definition) is 4. The molecule has 1 aliphatic heterocycles. The highest BCUT2D eigenvalue weighted by molar-refractivity contribution is 7.89. The van der Waals surface area contributed by atoms with Crippen LogP contribution < -0.4 is 5.32 Å². The molecule has 1 saturated heterocycles. The summed E-state index contributed by atoms with van der Waals surface area (Å²) in [7, 11) is -2.06. The van der Waals surface area contributed by atoms with Crippen molar-refractivity contribution in [3.8, 4) is 6.07 Å². The minimum absolute atomic E-state index is 0.0811. The maximum Gasteiger partial charge on any atom is 0.244 e. The lowest BCUT2D eigenvalue weighted by Gasteiger charge is -2.31. The first-order chi connectivity index (χ1) is 9.50. The van der Waals surface area contributed by atoms with Gasteiger partial charge in [-0.15, -0.1) is 0 Å². The second-order valence-corrected chi connectivity index (χ2v) is 6.62. The van der Waals surface area contributed by atoms with Gasteiger partial charge in [-0.1, -0.05) is 6.07 Å². The monoisotopic (exact) mass is 297 g/mol. The summed E-state index contributed by atoms with van der Waals surface area (Å²) in [6, 6.07) is 5.39. The van der Waals surface area contributed by atoms with Gasteiger partial charge in [0.15, 0.2) is 0 Å². The molecule has 0 aromatic heterocycles. The highest BCUT2D eigenvalue weighted by atomic mass is 32.2. The molecule has 0 bridgehead atoms. The van der Waals surface area contributed by atoms with Crippen molar-refractivity contribution in [1.29, 1.82) is 5.26 Å². The smallest absolute Gasteiger partial charge is 0.244 e. The number of hydrogen-bond donors (Lipinski definition) is 1. The van der Waals surface area contributed by atoms with Crippen molar-refractivity contribution < 1.29 is 12.8 Å². The van der Waals surface area contributed by atoms with Crippen molar-refractivity contribution in [3.63, 3.8) is 0 Å². The summed E-state index contributed by atoms with van der Waals surface area (Å²) in [5.74, 6) is -0.809. The third kappa shape index (κ3) is 2.68. The Morgan fingerprint density at radius 2 is 2.25 bits per heavy atom. The summed E-state index contributed by atoms with van der Waals surface area (Å²) < 4.78 is 40.0. The van der Waals surface area contributed by atoms with Gasteiger partial charge in [-0.3, -0.25) is 0 Å². The fraction of sp³-hybridized carbons (Fsp3) is 0.462. The predicted octanol–water partition coefficient (Wildman–Crippen LogP) is 1.07. The van der Waals surface area contributed by atoms with Crippen LogP contribution in [-0.2, 0) is 10.0 Å². The quantitative estimate of drug-likeness (QED) is 0.905. The van der Waals surface area contributed by atoms with Gasteiger partial charge in [-0.05, 0) is 32.0 Å². The number of likely N-dealkylation sites (N-methyl/N-ethyl adjacent to an activating group) is 1. The first kappa shape index (κ1) is 14.9. The number of nitrogens with zero attached hydrogens (tertiary/aromatic N) is 2. The summed E-state index contributed by atoms with van der Waals surface area (Å²) in [5, 5.41) is 12.0. The standard InChI is InChI=1S/C13H16FN3O2S/c1-16-10-4-3-7-17(9-10)20(18,19)13-6-2-5-12(14)11(13)8-15/h2,5-6,10,16H,3-4,7,9H2,1H3. The molecule has 108 valence electrons. The lowest BCUT2D eigenvalue weighted by atomic mass is 10.1. The molecule has 0 spiro atoms. The molecule has 1 aliphatic rings. The minimum atomic E-state index is -3.84. The maximum absolute atomic E-state index is 13.6. The third-order valence-corrected chi connectivity index (χ3v) is 5.40. The lowest BCUT2D eigenvalue weighted by Crippen LogP contribution is -2.47. The SMILES string of the molecule is CNC1CCCN(S(=O)(=O)c2cccc(F)c2C#N)C1. The van der Waals surface area contributed by atoms with Gasteiger partial charge in [0.05, 0.1) is 0 Å². The van der Waals surface area contributed by atoms with Crippen LogP contribution in [0.1, 0.15) is 18.4 Å². The summed E-state index contributed by atoms with van der Waals surface area (Å²) in [4.78, 5) is -0.253. The Labute approximate surface area is 118 Å². The lowest BCUT2D eigenvalue weighted by molar-refractivity contribution is 0.292. The molecule has 1 aromatic rings. The molecular formula is C13H16FN3O2S. The van der Waals surface area contributed by atoms with E-state index in [0.717, 1.165) is 18.9 Å². The fourth-order valence-electron chi connectivity index (χ4n) is 2.36. The van der Waals surface area contributed by atoms with Gasteiger partial charge >= 0.3 is 0 Å². The Hall–Kier alpha value is -1.49. The van der Waals surface area contributed by atoms with Gasteiger partial charge < -0.3 is 5.32 Å². The molecule has 5 nitrogen and oxygen atoms in total. The molecule has 1 atom stereocenters. The van der Waals surface area contributed by atoms with Gasteiger partial charge in [-0.25, -0.2) is 12.8 Å². The summed E-state index contributed by atoms with van der Waals surface area (Å²) in [5.41, 5.74) is -0.418. The minimum Gasteiger partial charge on any atom is -0.316 e. The Balaban J connectivity index is 2.41. The molecule has 0 amide bonds. The molecule has 1 fully saturated rings. The first-order valence-corrected chi connectivity index (χ1v) is 7.80. The van der Waals surface area contributed by atoms with E-state index in [1.807, 2.05) is 0 Å². The van der Waals surface area contributed by atoms with E-state index >= 15 is 0 Å². The van der Waals surface area contributed by atoms with E-state index in [-0.39, 0.29) is 10.9 Å². The normalized spacial score (nSPS) is 20.6. The highest BCUT2D eigenvalue weighted by Crippen LogP contribution is 2.24. The van der Waals surface area contributed by atoms with Gasteiger partial charge in [0.25, 0.3) is 0 Å². The highest BCUT2D eigenvalue weighted by Gasteiger charge is 2.32. The molecule has 1 heterocycles. The van der Waals surface area contributed by atoms with E-state index in [9.17, 15) is 12.8 Å². The van der Waals surface area contributed by atoms with Crippen LogP contribution in [0.3, 0.4) is 0 Å². The molecular weight excluding hydrogens is 281 g/mol. The summed E-state index contributed by atoms with van der Waals surface area (Å²) in [6.07, 6.45) is 1.64. The van der Waals surface area contributed by atoms with Crippen LogP contribution in [-0.4, -0.2) is 38.9 Å². The molecule has 0 aliphatic carbocycles. The van der Waals surface area contributed by atoms with Gasteiger partial charge in [-0.2, -0.15) is 9.57 Å². The Morgan fingerprint density at radius 1 is 1.50 bits per heavy atom. The molecule has 0 saturated carbocycles. The first-order valence-electron chi connectivity index (χ1n) is 6.36. The van der Waals surface area contributed by atoms with Gasteiger partial charge in [0.1, 0.15) is 22.3 Å². The molecule has 0 radical (unpaired) electrons. The second kappa shape index (κ2) is 5.87. The van der Waals surface area contributed by atoms with Crippen LogP contribution in [0, 0.1) is 17.1 Å². The molecule has 1 aromatic carbocycles. The largest absolute Gasteiger partial charge is 0.316 e. The summed E-state index contributed by atoms with van der Waals surface area (Å²) in [6.45, 7) is 0.724. The van der Waals surface area contributed by atoms with Gasteiger partial charge in [0, 0.05) is 19.1 Å². The van der Waals surface area contributed by atoms with Crippen molar-refractivity contribution in [2.45, 2.75) is 23.8 Å². The van der Waals surface area contributed by atoms with E-state index in [1.165, 1.54) is 16.4 Å². The van der Waals surface area contributed by atoms with E-state index < -0.39 is 21.4 Å². The number of piperidine rings is 1. The van der Waals surface area contributed by atoms with Crippen molar-refractivity contribution >= 4 is 10.0 Å². The number of nitrogens with one attached hydrogen (secondary N) is 1. The van der Waals surface area contributed by atoms with Crippen molar-refractivity contribution in [2.24, 2.45) is 0 Å². The van der Waals surface area contributed by atoms with E-state index in [4.69, 9.17) is 5.26 Å². The zero-order chi connectivity index (χ0) is 14.8. The zero-order valence-electron chi connectivity index (χ0n) is 11.1. The number of sulfonamides is 1. The maximum atomic E-state index is 13.6. The summed E-state index contributed by atoms with van der Waals surface area (Å²) >= 11 is 0. The molecule has 1 N–H and O–H groups in total. The number of rotatable bonds is 3. The Morgan fingerprint density at radius 3 is 2.90 bits per heavy atom. The van der Waals surface area contributed by atoms with Crippen LogP contribution in [0.25, 0.3) is 0 Å². The van der Waals surface area contributed by atoms with Crippen LogP contribution in [0.2, 0.25) is 0 Å². The average Bonchev–Trinajstić information content (AvgIpc) is 2.47. The number of benzene rings is 1. The molecule has 2 rings (SSSR count). The van der Waals surface area contributed by atoms with Crippen molar-refractivity contribution in [3.05, 3.63) is 29.6 Å². The van der Waals surface area contributed by atoms with Crippen LogP contribution in [0.15, 0.2) is 23.1 Å². The fourth-order valence-corrected chi connectivity index (χ4v) is 4.04. The van der Waals surface area contributed by atoms with E-state index in [2.05, 4.69) is 5.32 Å². The van der Waals surface area contributed by atoms with E-state index in [1.54, 1.807) is 13.1 Å². The predicted molar refractivity (Wildman–Crippen MR) is 72.0 cm³/mol. The van der Waals surface area contributed by atoms with Gasteiger partial charge in [0.2, 0.25) is 10.0 Å². The molecule has 20 heavy (non-hydrogen) atoms. The second-order valence-electron chi connectivity index (χ2n) is 4.72. The molecule has 1 unspecified atom stereocenters. The third-order valence-electron chi connectivity index (χ3n) is 3.50. The number of halogens is 1. The topological polar surface area (TPSA) is 73.2 Å². The van der Waals surface area contributed by atoms with Crippen molar-refractivity contribution in [2.75, 3.05) is 20.1 Å². The molecule has 7 heteroatoms. The zero-order valence-corrected chi connectivity index (χ0v) is 12.0. The average molecular weight is 297 g/mol. The Kier molecular flexibility index (Phi) is 4.38. The van der Waals surface area contributed by atoms with Crippen LogP contribution in [0.5, 0.6) is 0 Å².